The fourth-order valence-electron chi connectivity index (χ4n) is 2.54. The molecule has 0 radical (unpaired) electrons. The van der Waals surface area contributed by atoms with Crippen LogP contribution in [0.25, 0.3) is 0 Å². The third-order valence-corrected chi connectivity index (χ3v) is 3.17. The first kappa shape index (κ1) is 10.9. The summed E-state index contributed by atoms with van der Waals surface area (Å²) in [5, 5.41) is 8.77. The summed E-state index contributed by atoms with van der Waals surface area (Å²) in [5.41, 5.74) is 0. The number of hydrogen-bond donors (Lipinski definition) is 1. The first-order valence-electron chi connectivity index (χ1n) is 5.66. The maximum absolute atomic E-state index is 10.7. The lowest BCUT2D eigenvalue weighted by atomic mass is 10.1. The van der Waals surface area contributed by atoms with Gasteiger partial charge in [-0.15, -0.1) is 0 Å². The van der Waals surface area contributed by atoms with E-state index in [-0.39, 0.29) is 18.6 Å². The molecule has 0 amide bonds. The minimum Gasteiger partial charge on any atom is -0.481 e. The van der Waals surface area contributed by atoms with E-state index in [2.05, 4.69) is 0 Å². The van der Waals surface area contributed by atoms with E-state index in [1.54, 1.807) is 6.92 Å². The van der Waals surface area contributed by atoms with Crippen molar-refractivity contribution in [1.82, 2.24) is 0 Å². The predicted octanol–water partition coefficient (Wildman–Crippen LogP) is 1.93. The smallest absolute Gasteiger partial charge is 0.308 e. The number of hydrogen-bond acceptors (Lipinski definition) is 3. The van der Waals surface area contributed by atoms with Crippen molar-refractivity contribution < 1.29 is 19.4 Å². The van der Waals surface area contributed by atoms with Crippen LogP contribution in [-0.4, -0.2) is 29.1 Å². The molecule has 0 aromatic rings. The van der Waals surface area contributed by atoms with Crippen LogP contribution < -0.4 is 0 Å². The van der Waals surface area contributed by atoms with Crippen molar-refractivity contribution >= 4 is 5.97 Å². The summed E-state index contributed by atoms with van der Waals surface area (Å²) in [4.78, 5) is 10.7. The van der Waals surface area contributed by atoms with Crippen LogP contribution in [-0.2, 0) is 14.3 Å². The van der Waals surface area contributed by atoms with Gasteiger partial charge in [-0.1, -0.05) is 19.3 Å². The summed E-state index contributed by atoms with van der Waals surface area (Å²) < 4.78 is 11.5. The Morgan fingerprint density at radius 1 is 1.27 bits per heavy atom. The second kappa shape index (κ2) is 4.10. The van der Waals surface area contributed by atoms with Crippen LogP contribution in [0.1, 0.15) is 45.4 Å². The molecule has 4 nitrogen and oxygen atoms in total. The van der Waals surface area contributed by atoms with Gasteiger partial charge in [0.2, 0.25) is 0 Å². The Kier molecular flexibility index (Phi) is 2.98. The summed E-state index contributed by atoms with van der Waals surface area (Å²) in [7, 11) is 0. The molecule has 2 fully saturated rings. The molecule has 1 saturated carbocycles. The molecule has 0 aromatic heterocycles. The van der Waals surface area contributed by atoms with E-state index in [1.165, 1.54) is 6.42 Å². The largest absolute Gasteiger partial charge is 0.481 e. The highest BCUT2D eigenvalue weighted by Gasteiger charge is 2.45. The van der Waals surface area contributed by atoms with Gasteiger partial charge in [0.15, 0.2) is 5.79 Å². The molecule has 1 N–H and O–H groups in total. The Bertz CT molecular complexity index is 237. The maximum atomic E-state index is 10.7. The van der Waals surface area contributed by atoms with Gasteiger partial charge >= 0.3 is 5.97 Å². The minimum atomic E-state index is -0.904. The topological polar surface area (TPSA) is 55.8 Å². The molecule has 0 unspecified atom stereocenters. The third kappa shape index (κ3) is 2.49. The fraction of sp³-hybridized carbons (Fsp3) is 0.909. The minimum absolute atomic E-state index is 0.0694. The molecule has 0 spiro atoms. The summed E-state index contributed by atoms with van der Waals surface area (Å²) in [6, 6.07) is 0. The van der Waals surface area contributed by atoms with Crippen LogP contribution in [0.15, 0.2) is 0 Å². The van der Waals surface area contributed by atoms with Gasteiger partial charge in [0.1, 0.15) is 0 Å². The van der Waals surface area contributed by atoms with Crippen LogP contribution >= 0.6 is 0 Å². The number of carboxylic acids is 1. The van der Waals surface area contributed by atoms with Gasteiger partial charge < -0.3 is 14.6 Å². The van der Waals surface area contributed by atoms with Crippen molar-refractivity contribution in [2.24, 2.45) is 0 Å². The van der Waals surface area contributed by atoms with Crippen molar-refractivity contribution in [2.75, 3.05) is 0 Å². The molecule has 2 rings (SSSR count). The van der Waals surface area contributed by atoms with Gasteiger partial charge in [-0.25, -0.2) is 0 Å². The number of carboxylic acid groups (broad SMARTS) is 1. The molecule has 4 heteroatoms. The lowest BCUT2D eigenvalue weighted by Gasteiger charge is -2.21. The first-order chi connectivity index (χ1) is 7.09. The molecule has 1 heterocycles. The van der Waals surface area contributed by atoms with Crippen molar-refractivity contribution in [3.05, 3.63) is 0 Å². The first-order valence-corrected chi connectivity index (χ1v) is 5.66. The highest BCUT2D eigenvalue weighted by atomic mass is 16.8. The number of rotatable bonds is 2. The van der Waals surface area contributed by atoms with Crippen LogP contribution in [0.2, 0.25) is 0 Å². The Labute approximate surface area is 89.6 Å². The Morgan fingerprint density at radius 2 is 1.80 bits per heavy atom. The summed E-state index contributed by atoms with van der Waals surface area (Å²) in [5.74, 6) is -1.77. The normalized spacial score (nSPS) is 34.5. The van der Waals surface area contributed by atoms with Crippen molar-refractivity contribution in [2.45, 2.75) is 63.4 Å². The number of ether oxygens (including phenoxy) is 2. The van der Waals surface area contributed by atoms with Gasteiger partial charge in [0.25, 0.3) is 0 Å². The number of aliphatic carboxylic acids is 1. The summed E-state index contributed by atoms with van der Waals surface area (Å²) in [6.07, 6.45) is 5.70. The molecule has 1 aliphatic heterocycles. The highest BCUT2D eigenvalue weighted by molar-refractivity contribution is 5.67. The van der Waals surface area contributed by atoms with E-state index < -0.39 is 11.8 Å². The third-order valence-electron chi connectivity index (χ3n) is 3.17. The number of fused-ring (bicyclic) bond motifs is 1. The van der Waals surface area contributed by atoms with E-state index in [0.717, 1.165) is 25.7 Å². The summed E-state index contributed by atoms with van der Waals surface area (Å²) in [6.45, 7) is 1.73. The zero-order chi connectivity index (χ0) is 10.9. The van der Waals surface area contributed by atoms with Crippen LogP contribution in [0.4, 0.5) is 0 Å². The molecule has 2 atom stereocenters. The Balaban J connectivity index is 2.00. The highest BCUT2D eigenvalue weighted by Crippen LogP contribution is 2.37. The molecule has 15 heavy (non-hydrogen) atoms. The van der Waals surface area contributed by atoms with Gasteiger partial charge in [-0.05, 0) is 19.8 Å². The Morgan fingerprint density at radius 3 is 2.27 bits per heavy atom. The van der Waals surface area contributed by atoms with E-state index in [4.69, 9.17) is 14.6 Å². The van der Waals surface area contributed by atoms with Gasteiger partial charge in [0, 0.05) is 0 Å². The lowest BCUT2D eigenvalue weighted by Crippen LogP contribution is -2.30. The average Bonchev–Trinajstić information content (AvgIpc) is 2.30. The Hall–Kier alpha value is -0.610. The van der Waals surface area contributed by atoms with E-state index in [1.807, 2.05) is 0 Å². The van der Waals surface area contributed by atoms with Crippen molar-refractivity contribution in [3.63, 3.8) is 0 Å². The van der Waals surface area contributed by atoms with Crippen LogP contribution in [0, 0.1) is 0 Å². The summed E-state index contributed by atoms with van der Waals surface area (Å²) >= 11 is 0. The van der Waals surface area contributed by atoms with Crippen molar-refractivity contribution in [3.8, 4) is 0 Å². The fourth-order valence-corrected chi connectivity index (χ4v) is 2.54. The molecule has 0 bridgehead atoms. The van der Waals surface area contributed by atoms with Crippen molar-refractivity contribution in [1.29, 1.82) is 0 Å². The zero-order valence-corrected chi connectivity index (χ0v) is 9.07. The molecule has 0 aromatic carbocycles. The quantitative estimate of drug-likeness (QED) is 0.763. The maximum Gasteiger partial charge on any atom is 0.308 e. The second-order valence-electron chi connectivity index (χ2n) is 4.65. The monoisotopic (exact) mass is 214 g/mol. The van der Waals surface area contributed by atoms with Crippen LogP contribution in [0.3, 0.4) is 0 Å². The van der Waals surface area contributed by atoms with Gasteiger partial charge in [-0.3, -0.25) is 4.79 Å². The lowest BCUT2D eigenvalue weighted by molar-refractivity contribution is -0.181. The SMILES string of the molecule is CC1(CC(=O)O)O[C@H]2CCCCC[C@@H]2O1. The zero-order valence-electron chi connectivity index (χ0n) is 9.07. The predicted molar refractivity (Wildman–Crippen MR) is 53.5 cm³/mol. The molecule has 2 aliphatic rings. The molecular formula is C11H18O4. The molecule has 1 aliphatic carbocycles. The average molecular weight is 214 g/mol. The standard InChI is InChI=1S/C11H18O4/c1-11(7-10(12)13)14-8-5-3-2-4-6-9(8)15-11/h8-9H,2-7H2,1H3,(H,12,13)/t8-,9-/m0/s1. The molecule has 86 valence electrons. The van der Waals surface area contributed by atoms with E-state index >= 15 is 0 Å². The van der Waals surface area contributed by atoms with Gasteiger partial charge in [0.05, 0.1) is 18.6 Å². The van der Waals surface area contributed by atoms with E-state index in [0.29, 0.717) is 0 Å². The molecular weight excluding hydrogens is 196 g/mol. The van der Waals surface area contributed by atoms with Crippen LogP contribution in [0.5, 0.6) is 0 Å². The number of carbonyl (C=O) groups is 1. The van der Waals surface area contributed by atoms with Gasteiger partial charge in [-0.2, -0.15) is 0 Å². The van der Waals surface area contributed by atoms with E-state index in [9.17, 15) is 4.79 Å². The second-order valence-corrected chi connectivity index (χ2v) is 4.65. The molecule has 1 saturated heterocycles.